The summed E-state index contributed by atoms with van der Waals surface area (Å²) in [6.07, 6.45) is -4.96. The number of rotatable bonds is 6. The summed E-state index contributed by atoms with van der Waals surface area (Å²) in [6, 6.07) is 5.97. The Balaban J connectivity index is 2.31. The van der Waals surface area contributed by atoms with Crippen molar-refractivity contribution in [2.45, 2.75) is 12.9 Å². The molecule has 0 aromatic heterocycles. The van der Waals surface area contributed by atoms with Gasteiger partial charge in [0.2, 0.25) is 0 Å². The van der Waals surface area contributed by atoms with Crippen LogP contribution in [-0.2, 0) is 6.54 Å². The number of hydrogen-bond acceptors (Lipinski definition) is 3. The second-order valence-electron chi connectivity index (χ2n) is 5.38. The Morgan fingerprint density at radius 1 is 1.11 bits per heavy atom. The first kappa shape index (κ1) is 21.1. The molecule has 0 saturated carbocycles. The molecule has 0 aliphatic carbocycles. The van der Waals surface area contributed by atoms with Crippen molar-refractivity contribution in [3.63, 3.8) is 0 Å². The van der Waals surface area contributed by atoms with Gasteiger partial charge in [-0.3, -0.25) is 4.79 Å². The van der Waals surface area contributed by atoms with Crippen LogP contribution in [0.4, 0.5) is 22.0 Å². The molecule has 0 spiro atoms. The molecule has 0 fully saturated rings. The van der Waals surface area contributed by atoms with E-state index in [-0.39, 0.29) is 17.7 Å². The smallest absolute Gasteiger partial charge is 0.406 e. The zero-order chi connectivity index (χ0) is 20.2. The molecule has 0 atom stereocenters. The van der Waals surface area contributed by atoms with Gasteiger partial charge in [0.25, 0.3) is 5.91 Å². The van der Waals surface area contributed by atoms with Crippen LogP contribution in [0.25, 0.3) is 0 Å². The van der Waals surface area contributed by atoms with Gasteiger partial charge in [-0.1, -0.05) is 15.9 Å². The zero-order valence-electron chi connectivity index (χ0n) is 13.6. The third kappa shape index (κ3) is 5.90. The third-order valence-electron chi connectivity index (χ3n) is 3.43. The lowest BCUT2D eigenvalue weighted by atomic mass is 10.1. The summed E-state index contributed by atoms with van der Waals surface area (Å²) in [5, 5.41) is 9.15. The second kappa shape index (κ2) is 8.66. The summed E-state index contributed by atoms with van der Waals surface area (Å²) in [5.41, 5.74) is -0.616. The summed E-state index contributed by atoms with van der Waals surface area (Å²) < 4.78 is 69.1. The van der Waals surface area contributed by atoms with Crippen LogP contribution in [0, 0.1) is 11.6 Å². The number of carbonyl (C=O) groups excluding carboxylic acids is 1. The average Bonchev–Trinajstić information content (AvgIpc) is 2.57. The van der Waals surface area contributed by atoms with E-state index in [9.17, 15) is 26.7 Å². The third-order valence-corrected chi connectivity index (χ3v) is 3.92. The minimum Gasteiger partial charge on any atom is -0.406 e. The SMILES string of the molecule is O=C(c1cc(Br)ccc1F)N(CCO)Cc1cc(OC(F)(F)F)ccc1F. The van der Waals surface area contributed by atoms with Crippen LogP contribution < -0.4 is 4.74 Å². The molecule has 0 aliphatic heterocycles. The van der Waals surface area contributed by atoms with Crippen molar-refractivity contribution in [1.82, 2.24) is 4.90 Å². The van der Waals surface area contributed by atoms with E-state index < -0.39 is 42.8 Å². The van der Waals surface area contributed by atoms with Crippen LogP contribution in [0.15, 0.2) is 40.9 Å². The molecule has 27 heavy (non-hydrogen) atoms. The van der Waals surface area contributed by atoms with Crippen molar-refractivity contribution in [2.24, 2.45) is 0 Å². The number of nitrogens with zero attached hydrogens (tertiary/aromatic N) is 1. The van der Waals surface area contributed by atoms with Gasteiger partial charge in [-0.05, 0) is 36.4 Å². The average molecular weight is 454 g/mol. The minimum absolute atomic E-state index is 0.283. The number of amides is 1. The van der Waals surface area contributed by atoms with Gasteiger partial charge in [0.05, 0.1) is 12.2 Å². The van der Waals surface area contributed by atoms with Gasteiger partial charge in [0.1, 0.15) is 17.4 Å². The van der Waals surface area contributed by atoms with Gasteiger partial charge in [-0.15, -0.1) is 13.2 Å². The summed E-state index contributed by atoms with van der Waals surface area (Å²) in [4.78, 5) is 13.5. The Hall–Kier alpha value is -2.20. The van der Waals surface area contributed by atoms with Gasteiger partial charge < -0.3 is 14.7 Å². The van der Waals surface area contributed by atoms with E-state index in [0.717, 1.165) is 29.2 Å². The largest absolute Gasteiger partial charge is 0.573 e. The minimum atomic E-state index is -4.96. The van der Waals surface area contributed by atoms with Gasteiger partial charge in [-0.25, -0.2) is 8.78 Å². The Labute approximate surface area is 159 Å². The maximum Gasteiger partial charge on any atom is 0.573 e. The number of ether oxygens (including phenoxy) is 1. The quantitative estimate of drug-likeness (QED) is 0.664. The fraction of sp³-hybridized carbons (Fsp3) is 0.235. The normalized spacial score (nSPS) is 11.4. The molecule has 1 amide bonds. The van der Waals surface area contributed by atoms with Crippen molar-refractivity contribution in [3.8, 4) is 5.75 Å². The molecule has 1 N–H and O–H groups in total. The van der Waals surface area contributed by atoms with Crippen LogP contribution >= 0.6 is 15.9 Å². The molecule has 0 bridgehead atoms. The lowest BCUT2D eigenvalue weighted by Crippen LogP contribution is -2.34. The number of benzene rings is 2. The fourth-order valence-corrected chi connectivity index (χ4v) is 2.64. The first-order chi connectivity index (χ1) is 12.6. The van der Waals surface area contributed by atoms with E-state index in [1.54, 1.807) is 0 Å². The number of aliphatic hydroxyl groups excluding tert-OH is 1. The standard InChI is InChI=1S/C17H13BrF5NO3/c18-11-1-3-15(20)13(8-11)16(26)24(5-6-25)9-10-7-12(2-4-14(10)19)27-17(21,22)23/h1-4,7-8,25H,5-6,9H2. The predicted molar refractivity (Wildman–Crippen MR) is 89.0 cm³/mol. The molecule has 146 valence electrons. The monoisotopic (exact) mass is 453 g/mol. The van der Waals surface area contributed by atoms with Crippen LogP contribution in [0.1, 0.15) is 15.9 Å². The maximum atomic E-state index is 14.0. The molecule has 4 nitrogen and oxygen atoms in total. The van der Waals surface area contributed by atoms with Crippen LogP contribution in [0.5, 0.6) is 5.75 Å². The topological polar surface area (TPSA) is 49.8 Å². The predicted octanol–water partition coefficient (Wildman–Crippen LogP) is 4.26. The number of hydrogen-bond donors (Lipinski definition) is 1. The van der Waals surface area contributed by atoms with Gasteiger partial charge in [0.15, 0.2) is 0 Å². The lowest BCUT2D eigenvalue weighted by Gasteiger charge is -2.23. The Morgan fingerprint density at radius 3 is 2.41 bits per heavy atom. The van der Waals surface area contributed by atoms with E-state index in [1.807, 2.05) is 0 Å². The van der Waals surface area contributed by atoms with Gasteiger partial charge in [-0.2, -0.15) is 0 Å². The van der Waals surface area contributed by atoms with Crippen molar-refractivity contribution in [3.05, 3.63) is 63.6 Å². The number of halogens is 6. The molecule has 0 heterocycles. The lowest BCUT2D eigenvalue weighted by molar-refractivity contribution is -0.274. The highest BCUT2D eigenvalue weighted by Crippen LogP contribution is 2.26. The molecule has 2 aromatic rings. The Morgan fingerprint density at radius 2 is 1.78 bits per heavy atom. The molecule has 10 heteroatoms. The van der Waals surface area contributed by atoms with E-state index in [1.165, 1.54) is 12.1 Å². The molecular weight excluding hydrogens is 441 g/mol. The Bertz CT molecular complexity index is 829. The zero-order valence-corrected chi connectivity index (χ0v) is 15.2. The fourth-order valence-electron chi connectivity index (χ4n) is 2.28. The summed E-state index contributed by atoms with van der Waals surface area (Å²) in [7, 11) is 0. The van der Waals surface area contributed by atoms with Gasteiger partial charge >= 0.3 is 6.36 Å². The number of alkyl halides is 3. The van der Waals surface area contributed by atoms with Crippen LogP contribution in [0.3, 0.4) is 0 Å². The molecule has 0 aliphatic rings. The van der Waals surface area contributed by atoms with Gasteiger partial charge in [0, 0.05) is 23.1 Å². The summed E-state index contributed by atoms with van der Waals surface area (Å²) >= 11 is 3.10. The highest BCUT2D eigenvalue weighted by atomic mass is 79.9. The van der Waals surface area contributed by atoms with Crippen molar-refractivity contribution in [2.75, 3.05) is 13.2 Å². The highest BCUT2D eigenvalue weighted by molar-refractivity contribution is 9.10. The molecule has 2 aromatic carbocycles. The maximum absolute atomic E-state index is 14.0. The summed E-state index contributed by atoms with van der Waals surface area (Å²) in [5.74, 6) is -3.23. The van der Waals surface area contributed by atoms with Crippen molar-refractivity contribution >= 4 is 21.8 Å². The highest BCUT2D eigenvalue weighted by Gasteiger charge is 2.31. The number of aliphatic hydroxyl groups is 1. The molecule has 0 unspecified atom stereocenters. The summed E-state index contributed by atoms with van der Waals surface area (Å²) in [6.45, 7) is -1.29. The van der Waals surface area contributed by atoms with Crippen LogP contribution in [-0.4, -0.2) is 35.4 Å². The van der Waals surface area contributed by atoms with Crippen LogP contribution in [0.2, 0.25) is 0 Å². The van der Waals surface area contributed by atoms with E-state index in [2.05, 4.69) is 20.7 Å². The van der Waals surface area contributed by atoms with Crippen molar-refractivity contribution in [1.29, 1.82) is 0 Å². The van der Waals surface area contributed by atoms with E-state index >= 15 is 0 Å². The molecule has 0 saturated heterocycles. The second-order valence-corrected chi connectivity index (χ2v) is 6.29. The molecular formula is C17H13BrF5NO3. The first-order valence-electron chi connectivity index (χ1n) is 7.50. The first-order valence-corrected chi connectivity index (χ1v) is 8.29. The Kier molecular flexibility index (Phi) is 6.77. The number of carbonyl (C=O) groups is 1. The molecule has 0 radical (unpaired) electrons. The molecule has 2 rings (SSSR count). The van der Waals surface area contributed by atoms with Crippen molar-refractivity contribution < 1.29 is 36.6 Å². The van der Waals surface area contributed by atoms with E-state index in [0.29, 0.717) is 4.47 Å². The van der Waals surface area contributed by atoms with E-state index in [4.69, 9.17) is 5.11 Å².